The van der Waals surface area contributed by atoms with Gasteiger partial charge in [0.15, 0.2) is 11.0 Å². The monoisotopic (exact) mass is 360 g/mol. The highest BCUT2D eigenvalue weighted by Gasteiger charge is 2.23. The lowest BCUT2D eigenvalue weighted by Gasteiger charge is -2.16. The number of rotatable bonds is 6. The molecule has 0 saturated heterocycles. The molecule has 1 aromatic carbocycles. The van der Waals surface area contributed by atoms with Crippen LogP contribution >= 0.6 is 11.8 Å². The van der Waals surface area contributed by atoms with Gasteiger partial charge < -0.3 is 14.6 Å². The lowest BCUT2D eigenvalue weighted by atomic mass is 10.2. The molecule has 0 bridgehead atoms. The summed E-state index contributed by atoms with van der Waals surface area (Å²) in [7, 11) is 3.55. The fraction of sp³-hybridized carbons (Fsp3) is 0.500. The first-order valence-corrected chi connectivity index (χ1v) is 9.48. The van der Waals surface area contributed by atoms with Gasteiger partial charge in [-0.05, 0) is 31.9 Å². The lowest BCUT2D eigenvalue weighted by Crippen LogP contribution is -2.37. The lowest BCUT2D eigenvalue weighted by molar-refractivity contribution is -0.120. The largest absolute Gasteiger partial charge is 0.496 e. The van der Waals surface area contributed by atoms with Gasteiger partial charge in [0.25, 0.3) is 0 Å². The molecule has 134 valence electrons. The number of nitrogens with zero attached hydrogens (tertiary/aromatic N) is 3. The molecule has 1 aromatic heterocycles. The number of hydrogen-bond acceptors (Lipinski definition) is 5. The van der Waals surface area contributed by atoms with Gasteiger partial charge in [-0.15, -0.1) is 10.2 Å². The van der Waals surface area contributed by atoms with Crippen LogP contribution in [0.5, 0.6) is 5.75 Å². The molecule has 1 N–H and O–H groups in total. The molecule has 25 heavy (non-hydrogen) atoms. The van der Waals surface area contributed by atoms with Crippen molar-refractivity contribution in [3.63, 3.8) is 0 Å². The molecule has 1 amide bonds. The first kappa shape index (κ1) is 17.8. The molecule has 1 aliphatic rings. The number of methoxy groups -OCH3 is 1. The molecule has 2 aromatic rings. The molecule has 1 atom stereocenters. The van der Waals surface area contributed by atoms with Crippen LogP contribution in [0.4, 0.5) is 0 Å². The van der Waals surface area contributed by atoms with Crippen molar-refractivity contribution in [1.29, 1.82) is 0 Å². The Hall–Kier alpha value is -2.02. The summed E-state index contributed by atoms with van der Waals surface area (Å²) < 4.78 is 7.31. The van der Waals surface area contributed by atoms with E-state index in [1.54, 1.807) is 7.11 Å². The first-order valence-electron chi connectivity index (χ1n) is 8.60. The normalized spacial score (nSPS) is 16.0. The summed E-state index contributed by atoms with van der Waals surface area (Å²) in [4.78, 5) is 12.4. The Morgan fingerprint density at radius 1 is 1.32 bits per heavy atom. The Balaban J connectivity index is 1.71. The molecule has 0 aliphatic heterocycles. The predicted molar refractivity (Wildman–Crippen MR) is 98.7 cm³/mol. The van der Waals surface area contributed by atoms with Crippen molar-refractivity contribution in [2.24, 2.45) is 7.05 Å². The fourth-order valence-corrected chi connectivity index (χ4v) is 3.91. The topological polar surface area (TPSA) is 69.0 Å². The number of carbonyl (C=O) groups is 1. The van der Waals surface area contributed by atoms with Crippen molar-refractivity contribution in [1.82, 2.24) is 20.1 Å². The number of nitrogens with one attached hydrogen (secondary N) is 1. The number of benzene rings is 1. The van der Waals surface area contributed by atoms with Crippen molar-refractivity contribution in [2.75, 3.05) is 7.11 Å². The van der Waals surface area contributed by atoms with Crippen LogP contribution in [0.3, 0.4) is 0 Å². The molecule has 0 spiro atoms. The molecule has 1 fully saturated rings. The molecule has 6 nitrogen and oxygen atoms in total. The van der Waals surface area contributed by atoms with Gasteiger partial charge in [-0.3, -0.25) is 4.79 Å². The Morgan fingerprint density at radius 3 is 2.76 bits per heavy atom. The van der Waals surface area contributed by atoms with Crippen molar-refractivity contribution < 1.29 is 9.53 Å². The number of ether oxygens (including phenoxy) is 1. The number of aromatic nitrogens is 3. The fourth-order valence-electron chi connectivity index (χ4n) is 3.08. The van der Waals surface area contributed by atoms with Gasteiger partial charge >= 0.3 is 0 Å². The van der Waals surface area contributed by atoms with E-state index in [1.165, 1.54) is 24.6 Å². The predicted octanol–water partition coefficient (Wildman–Crippen LogP) is 3.03. The first-order chi connectivity index (χ1) is 12.1. The summed E-state index contributed by atoms with van der Waals surface area (Å²) in [5, 5.41) is 12.2. The van der Waals surface area contributed by atoms with Crippen LogP contribution in [0.1, 0.15) is 32.6 Å². The highest BCUT2D eigenvalue weighted by Crippen LogP contribution is 2.31. The van der Waals surface area contributed by atoms with Crippen molar-refractivity contribution in [3.8, 4) is 17.1 Å². The zero-order valence-electron chi connectivity index (χ0n) is 14.9. The molecular weight excluding hydrogens is 336 g/mol. The second kappa shape index (κ2) is 7.91. The second-order valence-corrected chi connectivity index (χ2v) is 7.62. The number of hydrogen-bond donors (Lipinski definition) is 1. The smallest absolute Gasteiger partial charge is 0.233 e. The van der Waals surface area contributed by atoms with Crippen LogP contribution in [-0.2, 0) is 11.8 Å². The summed E-state index contributed by atoms with van der Waals surface area (Å²) in [5.74, 6) is 1.55. The van der Waals surface area contributed by atoms with Crippen molar-refractivity contribution >= 4 is 17.7 Å². The molecule has 3 rings (SSSR count). The van der Waals surface area contributed by atoms with Crippen LogP contribution in [0.2, 0.25) is 0 Å². The minimum atomic E-state index is -0.214. The third-order valence-electron chi connectivity index (χ3n) is 4.54. The maximum absolute atomic E-state index is 12.4. The summed E-state index contributed by atoms with van der Waals surface area (Å²) in [5.41, 5.74) is 0.884. The van der Waals surface area contributed by atoms with Crippen molar-refractivity contribution in [3.05, 3.63) is 24.3 Å². The average molecular weight is 360 g/mol. The molecule has 7 heteroatoms. The van der Waals surface area contributed by atoms with E-state index in [1.807, 2.05) is 42.8 Å². The van der Waals surface area contributed by atoms with Gasteiger partial charge in [-0.25, -0.2) is 0 Å². The van der Waals surface area contributed by atoms with E-state index in [9.17, 15) is 4.79 Å². The van der Waals surface area contributed by atoms with Crippen LogP contribution in [0.15, 0.2) is 29.4 Å². The molecular formula is C18H24N4O2S. The van der Waals surface area contributed by atoms with E-state index in [4.69, 9.17) is 4.74 Å². The zero-order chi connectivity index (χ0) is 17.8. The number of carbonyl (C=O) groups excluding carboxylic acids is 1. The van der Waals surface area contributed by atoms with Gasteiger partial charge in [-0.1, -0.05) is 36.7 Å². The third kappa shape index (κ3) is 3.98. The Kier molecular flexibility index (Phi) is 5.63. The van der Waals surface area contributed by atoms with Crippen LogP contribution in [0.25, 0.3) is 11.4 Å². The molecule has 1 saturated carbocycles. The quantitative estimate of drug-likeness (QED) is 0.802. The Bertz CT molecular complexity index is 740. The zero-order valence-corrected chi connectivity index (χ0v) is 15.7. The third-order valence-corrected chi connectivity index (χ3v) is 5.67. The van der Waals surface area contributed by atoms with Crippen LogP contribution in [-0.4, -0.2) is 39.1 Å². The summed E-state index contributed by atoms with van der Waals surface area (Å²) in [6, 6.07) is 8.04. The van der Waals surface area contributed by atoms with E-state index in [0.29, 0.717) is 6.04 Å². The summed E-state index contributed by atoms with van der Waals surface area (Å²) in [6.07, 6.45) is 4.59. The number of para-hydroxylation sites is 1. The maximum atomic E-state index is 12.4. The molecule has 1 unspecified atom stereocenters. The van der Waals surface area contributed by atoms with E-state index >= 15 is 0 Å². The molecule has 1 heterocycles. The average Bonchev–Trinajstić information content (AvgIpc) is 3.25. The maximum Gasteiger partial charge on any atom is 0.233 e. The van der Waals surface area contributed by atoms with Gasteiger partial charge in [0, 0.05) is 13.1 Å². The Morgan fingerprint density at radius 2 is 2.04 bits per heavy atom. The highest BCUT2D eigenvalue weighted by molar-refractivity contribution is 8.00. The van der Waals surface area contributed by atoms with Gasteiger partial charge in [0.2, 0.25) is 5.91 Å². The Labute approximate surface area is 152 Å². The van der Waals surface area contributed by atoms with Crippen LogP contribution < -0.4 is 10.1 Å². The van der Waals surface area contributed by atoms with Crippen LogP contribution in [0, 0.1) is 0 Å². The minimum Gasteiger partial charge on any atom is -0.496 e. The van der Waals surface area contributed by atoms with Crippen molar-refractivity contribution in [2.45, 2.75) is 49.1 Å². The second-order valence-electron chi connectivity index (χ2n) is 6.32. The van der Waals surface area contributed by atoms with Gasteiger partial charge in [-0.2, -0.15) is 0 Å². The molecule has 0 radical (unpaired) electrons. The summed E-state index contributed by atoms with van der Waals surface area (Å²) >= 11 is 1.43. The van der Waals surface area contributed by atoms with E-state index in [0.717, 1.165) is 35.1 Å². The number of amides is 1. The van der Waals surface area contributed by atoms with E-state index in [-0.39, 0.29) is 11.2 Å². The number of thioether (sulfide) groups is 1. The highest BCUT2D eigenvalue weighted by atomic mass is 32.2. The SMILES string of the molecule is COc1ccccc1-c1nnc(SC(C)C(=O)NC2CCCC2)n1C. The molecule has 1 aliphatic carbocycles. The van der Waals surface area contributed by atoms with Gasteiger partial charge in [0.1, 0.15) is 5.75 Å². The standard InChI is InChI=1S/C18H24N4O2S/c1-12(17(23)19-13-8-4-5-9-13)25-18-21-20-16(22(18)2)14-10-6-7-11-15(14)24-3/h6-7,10-13H,4-5,8-9H2,1-3H3,(H,19,23). The van der Waals surface area contributed by atoms with Gasteiger partial charge in [0.05, 0.1) is 17.9 Å². The van der Waals surface area contributed by atoms with E-state index < -0.39 is 0 Å². The summed E-state index contributed by atoms with van der Waals surface area (Å²) in [6.45, 7) is 1.91. The minimum absolute atomic E-state index is 0.0683. The van der Waals surface area contributed by atoms with E-state index in [2.05, 4.69) is 15.5 Å².